The maximum atomic E-state index is 11.5. The van der Waals surface area contributed by atoms with Crippen LogP contribution in [0.5, 0.6) is 0 Å². The Hall–Kier alpha value is -0.110. The molecule has 0 aromatic rings. The van der Waals surface area contributed by atoms with E-state index in [1.165, 1.54) is 44.9 Å². The van der Waals surface area contributed by atoms with Crippen molar-refractivity contribution in [3.05, 3.63) is 12.4 Å². The highest BCUT2D eigenvalue weighted by atomic mass is 31.2. The van der Waals surface area contributed by atoms with Crippen LogP contribution in [0.25, 0.3) is 0 Å². The average Bonchev–Trinajstić information content (AvgIpc) is 2.55. The molecule has 4 heteroatoms. The molecule has 0 aromatic carbocycles. The quantitative estimate of drug-likeness (QED) is 0.764. The molecule has 19 heavy (non-hydrogen) atoms. The average molecular weight is 284 g/mol. The Morgan fingerprint density at radius 2 is 1.79 bits per heavy atom. The van der Waals surface area contributed by atoms with Crippen LogP contribution in [0.2, 0.25) is 0 Å². The van der Waals surface area contributed by atoms with E-state index in [2.05, 4.69) is 6.58 Å². The fourth-order valence-corrected chi connectivity index (χ4v) is 5.58. The molecule has 4 aliphatic rings. The van der Waals surface area contributed by atoms with E-state index in [1.54, 1.807) is 0 Å². The summed E-state index contributed by atoms with van der Waals surface area (Å²) in [5, 5.41) is 0. The van der Waals surface area contributed by atoms with Gasteiger partial charge in [-0.15, -0.1) is 0 Å². The van der Waals surface area contributed by atoms with Crippen LogP contribution in [-0.2, 0) is 9.09 Å². The smallest absolute Gasteiger partial charge is 0.321 e. The third-order valence-corrected chi connectivity index (χ3v) is 6.63. The van der Waals surface area contributed by atoms with Crippen LogP contribution >= 0.6 is 7.60 Å². The molecule has 0 amide bonds. The second kappa shape index (κ2) is 5.02. The fourth-order valence-electron chi connectivity index (χ4n) is 5.12. The van der Waals surface area contributed by atoms with Gasteiger partial charge in [0, 0.05) is 5.82 Å². The number of fused-ring (bicyclic) bond motifs is 1. The molecular formula is C15H25O3P. The predicted octanol–water partition coefficient (Wildman–Crippen LogP) is 4.33. The molecule has 3 unspecified atom stereocenters. The minimum atomic E-state index is -3.53. The first-order chi connectivity index (χ1) is 9.00. The van der Waals surface area contributed by atoms with Gasteiger partial charge in [0.25, 0.3) is 0 Å². The zero-order chi connectivity index (χ0) is 13.5. The van der Waals surface area contributed by atoms with Crippen molar-refractivity contribution in [3.63, 3.8) is 0 Å². The van der Waals surface area contributed by atoms with Crippen molar-refractivity contribution in [3.8, 4) is 0 Å². The molecule has 4 rings (SSSR count). The summed E-state index contributed by atoms with van der Waals surface area (Å²) in [7, 11) is -3.53. The molecule has 4 bridgehead atoms. The number of hydrogen-bond donors (Lipinski definition) is 1. The minimum absolute atomic E-state index is 0.409. The van der Waals surface area contributed by atoms with Crippen molar-refractivity contribution < 1.29 is 14.0 Å². The molecule has 108 valence electrons. The third kappa shape index (κ3) is 2.99. The van der Waals surface area contributed by atoms with E-state index in [-0.39, 0.29) is 0 Å². The standard InChI is InChI=1S/C15H25O3P/c1-2-19(16,17)18-6-5-15-9-12-3-4-13(10-15)8-14(7-12)11-15/h2,12-14H,1,3-11H2,(H,16,17). The zero-order valence-electron chi connectivity index (χ0n) is 11.6. The molecule has 0 radical (unpaired) electrons. The Morgan fingerprint density at radius 1 is 1.21 bits per heavy atom. The number of hydrogen-bond acceptors (Lipinski definition) is 2. The summed E-state index contributed by atoms with van der Waals surface area (Å²) in [5.41, 5.74) is 0.411. The van der Waals surface area contributed by atoms with Gasteiger partial charge in [-0.05, 0) is 61.7 Å². The molecule has 4 aliphatic carbocycles. The summed E-state index contributed by atoms with van der Waals surface area (Å²) in [6.07, 6.45) is 10.6. The Bertz CT molecular complexity index is 390. The zero-order valence-corrected chi connectivity index (χ0v) is 12.5. The second-order valence-electron chi connectivity index (χ2n) is 7.09. The Kier molecular flexibility index (Phi) is 3.66. The van der Waals surface area contributed by atoms with Crippen LogP contribution in [0.15, 0.2) is 12.4 Å². The molecule has 4 saturated carbocycles. The molecule has 4 fully saturated rings. The van der Waals surface area contributed by atoms with Crippen LogP contribution in [0, 0.1) is 23.2 Å². The van der Waals surface area contributed by atoms with Crippen LogP contribution < -0.4 is 0 Å². The first-order valence-electron chi connectivity index (χ1n) is 7.61. The lowest BCUT2D eigenvalue weighted by Crippen LogP contribution is -2.38. The second-order valence-corrected chi connectivity index (χ2v) is 8.84. The summed E-state index contributed by atoms with van der Waals surface area (Å²) in [6, 6.07) is 0. The highest BCUT2D eigenvalue weighted by molar-refractivity contribution is 7.56. The van der Waals surface area contributed by atoms with E-state index in [0.29, 0.717) is 12.0 Å². The normalized spacial score (nSPS) is 43.7. The van der Waals surface area contributed by atoms with E-state index in [4.69, 9.17) is 4.52 Å². The molecule has 0 heterocycles. The van der Waals surface area contributed by atoms with Gasteiger partial charge in [-0.1, -0.05) is 19.4 Å². The SMILES string of the molecule is C=CP(=O)(O)OCCC12CC3CCC(CC(C3)C1)C2. The van der Waals surface area contributed by atoms with Gasteiger partial charge in [-0.2, -0.15) is 0 Å². The molecule has 3 atom stereocenters. The van der Waals surface area contributed by atoms with Crippen molar-refractivity contribution in [2.45, 2.75) is 51.4 Å². The summed E-state index contributed by atoms with van der Waals surface area (Å²) in [6.45, 7) is 3.76. The molecule has 0 aromatic heterocycles. The highest BCUT2D eigenvalue weighted by Crippen LogP contribution is 2.59. The van der Waals surface area contributed by atoms with E-state index in [9.17, 15) is 9.46 Å². The van der Waals surface area contributed by atoms with E-state index < -0.39 is 7.60 Å². The lowest BCUT2D eigenvalue weighted by molar-refractivity contribution is 0.0163. The maximum Gasteiger partial charge on any atom is 0.351 e. The lowest BCUT2D eigenvalue weighted by Gasteiger charge is -2.48. The molecule has 3 nitrogen and oxygen atoms in total. The van der Waals surface area contributed by atoms with Crippen molar-refractivity contribution in [2.75, 3.05) is 6.61 Å². The van der Waals surface area contributed by atoms with Crippen LogP contribution in [-0.4, -0.2) is 11.5 Å². The largest absolute Gasteiger partial charge is 0.351 e. The van der Waals surface area contributed by atoms with Gasteiger partial charge in [-0.25, -0.2) is 0 Å². The van der Waals surface area contributed by atoms with Crippen molar-refractivity contribution in [1.29, 1.82) is 0 Å². The van der Waals surface area contributed by atoms with Crippen LogP contribution in [0.3, 0.4) is 0 Å². The topological polar surface area (TPSA) is 46.5 Å². The molecule has 0 saturated heterocycles. The van der Waals surface area contributed by atoms with E-state index >= 15 is 0 Å². The van der Waals surface area contributed by atoms with Crippen LogP contribution in [0.4, 0.5) is 0 Å². The van der Waals surface area contributed by atoms with Crippen molar-refractivity contribution in [2.24, 2.45) is 23.2 Å². The Morgan fingerprint density at radius 3 is 2.37 bits per heavy atom. The maximum absolute atomic E-state index is 11.5. The monoisotopic (exact) mass is 284 g/mol. The van der Waals surface area contributed by atoms with Gasteiger partial charge in [0.1, 0.15) is 0 Å². The fraction of sp³-hybridized carbons (Fsp3) is 0.867. The lowest BCUT2D eigenvalue weighted by atomic mass is 9.57. The van der Waals surface area contributed by atoms with Gasteiger partial charge < -0.3 is 9.42 Å². The van der Waals surface area contributed by atoms with Crippen molar-refractivity contribution in [1.82, 2.24) is 0 Å². The van der Waals surface area contributed by atoms with Gasteiger partial charge in [0.05, 0.1) is 6.61 Å². The predicted molar refractivity (Wildman–Crippen MR) is 75.8 cm³/mol. The third-order valence-electron chi connectivity index (χ3n) is 5.62. The van der Waals surface area contributed by atoms with Crippen molar-refractivity contribution >= 4 is 7.60 Å². The highest BCUT2D eigenvalue weighted by Gasteiger charge is 2.48. The summed E-state index contributed by atoms with van der Waals surface area (Å²) < 4.78 is 16.6. The van der Waals surface area contributed by atoms with E-state index in [1.807, 2.05) is 0 Å². The van der Waals surface area contributed by atoms with Crippen LogP contribution in [0.1, 0.15) is 51.4 Å². The summed E-state index contributed by atoms with van der Waals surface area (Å²) >= 11 is 0. The van der Waals surface area contributed by atoms with Gasteiger partial charge >= 0.3 is 7.60 Å². The Labute approximate surface area is 116 Å². The van der Waals surface area contributed by atoms with Gasteiger partial charge in [0.15, 0.2) is 0 Å². The van der Waals surface area contributed by atoms with Gasteiger partial charge in [0.2, 0.25) is 0 Å². The molecule has 0 aliphatic heterocycles. The molecular weight excluding hydrogens is 259 g/mol. The summed E-state index contributed by atoms with van der Waals surface area (Å²) in [4.78, 5) is 9.41. The molecule has 0 spiro atoms. The molecule has 1 N–H and O–H groups in total. The summed E-state index contributed by atoms with van der Waals surface area (Å²) in [5.74, 6) is 3.78. The minimum Gasteiger partial charge on any atom is -0.321 e. The first kappa shape index (κ1) is 13.9. The van der Waals surface area contributed by atoms with Gasteiger partial charge in [-0.3, -0.25) is 4.57 Å². The van der Waals surface area contributed by atoms with E-state index in [0.717, 1.165) is 30.0 Å². The first-order valence-corrected chi connectivity index (χ1v) is 9.26. The Balaban J connectivity index is 1.63. The number of rotatable bonds is 5.